The van der Waals surface area contributed by atoms with Crippen molar-refractivity contribution < 1.29 is 22.7 Å². The van der Waals surface area contributed by atoms with Gasteiger partial charge in [0.2, 0.25) is 5.91 Å². The van der Waals surface area contributed by atoms with Crippen molar-refractivity contribution in [2.75, 3.05) is 25.0 Å². The molecule has 11 heteroatoms. The molecule has 31 heavy (non-hydrogen) atoms. The molecule has 0 aromatic carbocycles. The van der Waals surface area contributed by atoms with Crippen LogP contribution in [-0.2, 0) is 32.4 Å². The van der Waals surface area contributed by atoms with Gasteiger partial charge in [0.25, 0.3) is 10.0 Å². The number of carbonyl (C=O) groups excluding carboxylic acids is 2. The fourth-order valence-corrected chi connectivity index (χ4v) is 8.43. The van der Waals surface area contributed by atoms with Gasteiger partial charge in [0.1, 0.15) is 9.21 Å². The number of aryl methyl sites for hydroxylation is 1. The average Bonchev–Trinajstić information content (AvgIpc) is 3.44. The van der Waals surface area contributed by atoms with Crippen LogP contribution in [0.2, 0.25) is 4.34 Å². The zero-order valence-electron chi connectivity index (χ0n) is 17.0. The molecule has 168 valence electrons. The molecule has 1 aliphatic heterocycles. The van der Waals surface area contributed by atoms with Crippen molar-refractivity contribution >= 4 is 61.2 Å². The fraction of sp³-hybridized carbons (Fsp3) is 0.500. The molecule has 0 saturated carbocycles. The Morgan fingerprint density at radius 3 is 2.61 bits per heavy atom. The summed E-state index contributed by atoms with van der Waals surface area (Å²) in [7, 11) is -3.59. The normalized spacial score (nSPS) is 17.5. The van der Waals surface area contributed by atoms with Crippen molar-refractivity contribution in [3.05, 3.63) is 32.5 Å². The van der Waals surface area contributed by atoms with Gasteiger partial charge in [-0.1, -0.05) is 11.6 Å². The lowest BCUT2D eigenvalue weighted by Gasteiger charge is -2.30. The van der Waals surface area contributed by atoms with Crippen LogP contribution in [0.25, 0.3) is 0 Å². The topological polar surface area (TPSA) is 92.8 Å². The van der Waals surface area contributed by atoms with Crippen molar-refractivity contribution in [3.63, 3.8) is 0 Å². The van der Waals surface area contributed by atoms with Gasteiger partial charge < -0.3 is 10.1 Å². The number of halogens is 1. The number of nitrogens with one attached hydrogen (secondary N) is 1. The number of anilines is 1. The molecule has 2 aromatic rings. The number of thiophene rings is 2. The van der Waals surface area contributed by atoms with Gasteiger partial charge in [0.05, 0.1) is 16.5 Å². The van der Waals surface area contributed by atoms with E-state index in [1.165, 1.54) is 21.7 Å². The van der Waals surface area contributed by atoms with Gasteiger partial charge in [-0.05, 0) is 56.7 Å². The predicted octanol–water partition coefficient (Wildman–Crippen LogP) is 4.17. The van der Waals surface area contributed by atoms with E-state index in [0.717, 1.165) is 41.0 Å². The van der Waals surface area contributed by atoms with E-state index in [1.807, 2.05) is 0 Å². The summed E-state index contributed by atoms with van der Waals surface area (Å²) in [6, 6.07) is 3.08. The van der Waals surface area contributed by atoms with E-state index in [4.69, 9.17) is 16.3 Å². The van der Waals surface area contributed by atoms with Crippen LogP contribution in [0.4, 0.5) is 5.00 Å². The highest BCUT2D eigenvalue weighted by molar-refractivity contribution is 7.91. The third-order valence-corrected chi connectivity index (χ3v) is 10.4. The van der Waals surface area contributed by atoms with Crippen LogP contribution in [0, 0.1) is 5.92 Å². The molecule has 1 fully saturated rings. The lowest BCUT2D eigenvalue weighted by atomic mass is 9.97. The number of piperidine rings is 1. The van der Waals surface area contributed by atoms with Crippen molar-refractivity contribution in [2.24, 2.45) is 5.92 Å². The van der Waals surface area contributed by atoms with E-state index in [-0.39, 0.29) is 35.7 Å². The van der Waals surface area contributed by atoms with Crippen LogP contribution in [0.15, 0.2) is 16.3 Å². The number of nitrogens with zero attached hydrogens (tertiary/aromatic N) is 1. The molecular weight excluding hydrogens is 480 g/mol. The SMILES string of the molecule is CCOC(=O)c1c(NC(=O)C2CCN(S(=O)(=O)c3ccc(Cl)s3)CC2)sc2c1CCC2. The van der Waals surface area contributed by atoms with Crippen molar-refractivity contribution in [2.45, 2.75) is 43.2 Å². The second-order valence-electron chi connectivity index (χ2n) is 7.51. The Kier molecular flexibility index (Phi) is 6.73. The second-order valence-corrected chi connectivity index (χ2v) is 12.5. The molecule has 0 radical (unpaired) electrons. The summed E-state index contributed by atoms with van der Waals surface area (Å²) >= 11 is 8.36. The smallest absolute Gasteiger partial charge is 0.341 e. The van der Waals surface area contributed by atoms with Gasteiger partial charge in [-0.25, -0.2) is 13.2 Å². The minimum Gasteiger partial charge on any atom is -0.462 e. The van der Waals surface area contributed by atoms with E-state index in [0.29, 0.717) is 27.7 Å². The molecule has 1 saturated heterocycles. The standard InChI is InChI=1S/C20H23ClN2O5S3/c1-2-28-20(25)17-13-4-3-5-14(13)29-19(17)22-18(24)12-8-10-23(11-9-12)31(26,27)16-7-6-15(21)30-16/h6-7,12H,2-5,8-11H2,1H3,(H,22,24). The zero-order chi connectivity index (χ0) is 22.2. The van der Waals surface area contributed by atoms with Gasteiger partial charge in [-0.15, -0.1) is 22.7 Å². The van der Waals surface area contributed by atoms with Crippen molar-refractivity contribution in [1.29, 1.82) is 0 Å². The van der Waals surface area contributed by atoms with Gasteiger partial charge in [0.15, 0.2) is 0 Å². The fourth-order valence-electron chi connectivity index (χ4n) is 4.05. The Balaban J connectivity index is 1.43. The number of ether oxygens (including phenoxy) is 1. The molecule has 1 aliphatic carbocycles. The lowest BCUT2D eigenvalue weighted by Crippen LogP contribution is -2.41. The van der Waals surface area contributed by atoms with Crippen LogP contribution in [0.1, 0.15) is 47.0 Å². The summed E-state index contributed by atoms with van der Waals surface area (Å²) in [5, 5.41) is 3.49. The molecule has 0 atom stereocenters. The first-order valence-corrected chi connectivity index (χ1v) is 13.6. The van der Waals surface area contributed by atoms with Gasteiger partial charge in [-0.3, -0.25) is 4.79 Å². The van der Waals surface area contributed by atoms with Gasteiger partial charge >= 0.3 is 5.97 Å². The highest BCUT2D eigenvalue weighted by Crippen LogP contribution is 2.40. The van der Waals surface area contributed by atoms with Crippen LogP contribution >= 0.6 is 34.3 Å². The lowest BCUT2D eigenvalue weighted by molar-refractivity contribution is -0.120. The number of hydrogen-bond acceptors (Lipinski definition) is 7. The Bertz CT molecular complexity index is 1100. The number of amides is 1. The van der Waals surface area contributed by atoms with Crippen LogP contribution in [0.3, 0.4) is 0 Å². The molecule has 1 N–H and O–H groups in total. The maximum absolute atomic E-state index is 12.9. The molecule has 2 aliphatic rings. The molecule has 0 unspecified atom stereocenters. The molecule has 0 spiro atoms. The van der Waals surface area contributed by atoms with Crippen LogP contribution < -0.4 is 5.32 Å². The summed E-state index contributed by atoms with van der Waals surface area (Å²) in [6.07, 6.45) is 3.57. The highest BCUT2D eigenvalue weighted by Gasteiger charge is 2.34. The molecule has 1 amide bonds. The Morgan fingerprint density at radius 2 is 1.97 bits per heavy atom. The number of rotatable bonds is 6. The highest BCUT2D eigenvalue weighted by atomic mass is 35.5. The van der Waals surface area contributed by atoms with Gasteiger partial charge in [-0.2, -0.15) is 4.31 Å². The molecule has 3 heterocycles. The molecular formula is C20H23ClN2O5S3. The first kappa shape index (κ1) is 22.7. The number of sulfonamides is 1. The van der Waals surface area contributed by atoms with E-state index >= 15 is 0 Å². The Hall–Kier alpha value is -1.46. The molecule has 0 bridgehead atoms. The van der Waals surface area contributed by atoms with Crippen LogP contribution in [0.5, 0.6) is 0 Å². The predicted molar refractivity (Wildman–Crippen MR) is 122 cm³/mol. The summed E-state index contributed by atoms with van der Waals surface area (Å²) < 4.78 is 32.8. The quantitative estimate of drug-likeness (QED) is 0.598. The van der Waals surface area contributed by atoms with Crippen molar-refractivity contribution in [3.8, 4) is 0 Å². The number of esters is 1. The summed E-state index contributed by atoms with van der Waals surface area (Å²) in [4.78, 5) is 26.5. The van der Waals surface area contributed by atoms with E-state index in [2.05, 4.69) is 5.32 Å². The minimum absolute atomic E-state index is 0.179. The molecule has 4 rings (SSSR count). The minimum atomic E-state index is -3.59. The first-order chi connectivity index (χ1) is 14.8. The first-order valence-electron chi connectivity index (χ1n) is 10.2. The monoisotopic (exact) mass is 502 g/mol. The molecule has 7 nitrogen and oxygen atoms in total. The van der Waals surface area contributed by atoms with E-state index in [9.17, 15) is 18.0 Å². The van der Waals surface area contributed by atoms with E-state index in [1.54, 1.807) is 13.0 Å². The Morgan fingerprint density at radius 1 is 1.23 bits per heavy atom. The number of hydrogen-bond donors (Lipinski definition) is 1. The summed E-state index contributed by atoms with van der Waals surface area (Å²) in [5.74, 6) is -0.889. The third-order valence-electron chi connectivity index (χ3n) is 5.61. The zero-order valence-corrected chi connectivity index (χ0v) is 20.2. The second kappa shape index (κ2) is 9.19. The largest absolute Gasteiger partial charge is 0.462 e. The molecule has 2 aromatic heterocycles. The third kappa shape index (κ3) is 4.54. The van der Waals surface area contributed by atoms with E-state index < -0.39 is 16.0 Å². The van der Waals surface area contributed by atoms with Gasteiger partial charge in [0, 0.05) is 23.9 Å². The number of carbonyl (C=O) groups is 2. The Labute approximate surface area is 194 Å². The summed E-state index contributed by atoms with van der Waals surface area (Å²) in [5.41, 5.74) is 1.48. The number of fused-ring (bicyclic) bond motifs is 1. The maximum atomic E-state index is 12.9. The summed E-state index contributed by atoms with van der Waals surface area (Å²) in [6.45, 7) is 2.57. The van der Waals surface area contributed by atoms with Crippen molar-refractivity contribution in [1.82, 2.24) is 4.31 Å². The maximum Gasteiger partial charge on any atom is 0.341 e. The average molecular weight is 503 g/mol. The van der Waals surface area contributed by atoms with Crippen LogP contribution in [-0.4, -0.2) is 44.3 Å².